The fraction of sp³-hybridized carbons (Fsp3) is 0.727. The second kappa shape index (κ2) is 7.34. The second-order valence-corrected chi connectivity index (χ2v) is 5.24. The van der Waals surface area contributed by atoms with E-state index in [4.69, 9.17) is 15.6 Å². The molecular formula is C11H18N2O5S. The third-order valence-corrected chi connectivity index (χ3v) is 3.82. The lowest BCUT2D eigenvalue weighted by Gasteiger charge is -2.35. The van der Waals surface area contributed by atoms with Gasteiger partial charge in [-0.1, -0.05) is 0 Å². The molecule has 2 unspecified atom stereocenters. The number of carboxylic acids is 1. The van der Waals surface area contributed by atoms with E-state index in [0.29, 0.717) is 18.1 Å². The topological polar surface area (TPSA) is 110 Å². The Morgan fingerprint density at radius 1 is 1.53 bits per heavy atom. The van der Waals surface area contributed by atoms with E-state index in [2.05, 4.69) is 0 Å². The molecule has 1 amide bonds. The van der Waals surface area contributed by atoms with Crippen LogP contribution in [0.1, 0.15) is 13.3 Å². The lowest BCUT2D eigenvalue weighted by molar-refractivity contribution is -0.151. The highest BCUT2D eigenvalue weighted by Crippen LogP contribution is 2.19. The van der Waals surface area contributed by atoms with Crippen LogP contribution in [-0.4, -0.2) is 64.6 Å². The average Bonchev–Trinajstić information content (AvgIpc) is 2.37. The van der Waals surface area contributed by atoms with Crippen molar-refractivity contribution in [3.8, 4) is 0 Å². The predicted molar refractivity (Wildman–Crippen MR) is 69.7 cm³/mol. The molecule has 108 valence electrons. The van der Waals surface area contributed by atoms with E-state index in [0.717, 1.165) is 0 Å². The number of aliphatic carboxylic acids is 1. The molecule has 0 aliphatic carbocycles. The zero-order valence-electron chi connectivity index (χ0n) is 10.7. The fourth-order valence-electron chi connectivity index (χ4n) is 1.83. The molecule has 0 saturated carbocycles. The Bertz CT molecular complexity index is 363. The van der Waals surface area contributed by atoms with Crippen LogP contribution in [0, 0.1) is 0 Å². The van der Waals surface area contributed by atoms with Crippen molar-refractivity contribution < 1.29 is 24.2 Å². The first-order valence-corrected chi connectivity index (χ1v) is 7.15. The Labute approximate surface area is 115 Å². The first-order valence-electron chi connectivity index (χ1n) is 5.99. The van der Waals surface area contributed by atoms with E-state index in [1.54, 1.807) is 18.7 Å². The molecular weight excluding hydrogens is 272 g/mol. The number of esters is 1. The minimum atomic E-state index is -1.38. The summed E-state index contributed by atoms with van der Waals surface area (Å²) in [6.45, 7) is 2.17. The quantitative estimate of drug-likeness (QED) is 0.508. The first kappa shape index (κ1) is 15.8. The molecule has 8 heteroatoms. The molecule has 2 atom stereocenters. The Hall–Kier alpha value is -1.28. The molecule has 0 aromatic heterocycles. The minimum absolute atomic E-state index is 0.145. The van der Waals surface area contributed by atoms with Crippen molar-refractivity contribution in [3.63, 3.8) is 0 Å². The molecule has 1 aliphatic rings. The molecule has 1 saturated heterocycles. The van der Waals surface area contributed by atoms with Gasteiger partial charge in [0.1, 0.15) is 0 Å². The van der Waals surface area contributed by atoms with Crippen molar-refractivity contribution in [2.75, 3.05) is 24.7 Å². The maximum Gasteiger partial charge on any atom is 0.332 e. The zero-order valence-corrected chi connectivity index (χ0v) is 11.5. The van der Waals surface area contributed by atoms with Gasteiger partial charge in [-0.2, -0.15) is 11.8 Å². The summed E-state index contributed by atoms with van der Waals surface area (Å²) in [4.78, 5) is 35.7. The summed E-state index contributed by atoms with van der Waals surface area (Å²) in [6.07, 6.45) is -0.145. The molecule has 0 aromatic rings. The van der Waals surface area contributed by atoms with Crippen LogP contribution >= 0.6 is 11.8 Å². The third kappa shape index (κ3) is 4.39. The van der Waals surface area contributed by atoms with E-state index >= 15 is 0 Å². The van der Waals surface area contributed by atoms with Crippen LogP contribution in [0.15, 0.2) is 0 Å². The number of ether oxygens (including phenoxy) is 1. The SMILES string of the molecule is CCOC(=O)C(N)C(=O)N1CCSCC1CC(=O)O. The van der Waals surface area contributed by atoms with Crippen molar-refractivity contribution in [1.82, 2.24) is 4.90 Å². The van der Waals surface area contributed by atoms with Crippen molar-refractivity contribution >= 4 is 29.6 Å². The number of carboxylic acid groups (broad SMARTS) is 1. The van der Waals surface area contributed by atoms with Gasteiger partial charge in [-0.25, -0.2) is 4.79 Å². The fourth-order valence-corrected chi connectivity index (χ4v) is 2.89. The molecule has 1 fully saturated rings. The molecule has 0 bridgehead atoms. The standard InChI is InChI=1S/C11H18N2O5S/c1-2-18-11(17)9(12)10(16)13-3-4-19-6-7(13)5-8(14)15/h7,9H,2-6,12H2,1H3,(H,14,15). The summed E-state index contributed by atoms with van der Waals surface area (Å²) in [5.41, 5.74) is 5.55. The van der Waals surface area contributed by atoms with E-state index in [-0.39, 0.29) is 13.0 Å². The summed E-state index contributed by atoms with van der Waals surface area (Å²) in [7, 11) is 0. The molecule has 19 heavy (non-hydrogen) atoms. The van der Waals surface area contributed by atoms with E-state index < -0.39 is 29.9 Å². The third-order valence-electron chi connectivity index (χ3n) is 2.73. The zero-order chi connectivity index (χ0) is 14.4. The number of carbonyl (C=O) groups excluding carboxylic acids is 2. The van der Waals surface area contributed by atoms with Crippen LogP contribution in [0.25, 0.3) is 0 Å². The lowest BCUT2D eigenvalue weighted by Crippen LogP contribution is -2.55. The van der Waals surface area contributed by atoms with E-state index in [9.17, 15) is 14.4 Å². The number of hydrogen-bond acceptors (Lipinski definition) is 6. The number of nitrogens with zero attached hydrogens (tertiary/aromatic N) is 1. The summed E-state index contributed by atoms with van der Waals surface area (Å²) < 4.78 is 4.70. The van der Waals surface area contributed by atoms with Crippen LogP contribution < -0.4 is 5.73 Å². The van der Waals surface area contributed by atoms with Gasteiger partial charge < -0.3 is 20.5 Å². The van der Waals surface area contributed by atoms with Crippen LogP contribution in [0.4, 0.5) is 0 Å². The summed E-state index contributed by atoms with van der Waals surface area (Å²) in [6, 6.07) is -1.80. The number of hydrogen-bond donors (Lipinski definition) is 2. The monoisotopic (exact) mass is 290 g/mol. The predicted octanol–water partition coefficient (Wildman–Crippen LogP) is -0.704. The number of thioether (sulfide) groups is 1. The normalized spacial score (nSPS) is 20.7. The Morgan fingerprint density at radius 2 is 2.21 bits per heavy atom. The van der Waals surface area contributed by atoms with Gasteiger partial charge in [0.25, 0.3) is 5.91 Å². The van der Waals surface area contributed by atoms with Gasteiger partial charge in [0, 0.05) is 18.1 Å². The molecule has 1 heterocycles. The van der Waals surface area contributed by atoms with E-state index in [1.807, 2.05) is 0 Å². The smallest absolute Gasteiger partial charge is 0.332 e. The van der Waals surface area contributed by atoms with E-state index in [1.165, 1.54) is 4.90 Å². The van der Waals surface area contributed by atoms with Gasteiger partial charge in [0.15, 0.2) is 6.04 Å². The summed E-state index contributed by atoms with van der Waals surface area (Å²) >= 11 is 1.58. The van der Waals surface area contributed by atoms with Gasteiger partial charge in [0.05, 0.1) is 19.1 Å². The molecule has 3 N–H and O–H groups in total. The van der Waals surface area contributed by atoms with Gasteiger partial charge in [-0.05, 0) is 6.92 Å². The first-order chi connectivity index (χ1) is 8.97. The van der Waals surface area contributed by atoms with Crippen LogP contribution in [-0.2, 0) is 19.1 Å². The highest BCUT2D eigenvalue weighted by atomic mass is 32.2. The van der Waals surface area contributed by atoms with Crippen LogP contribution in [0.3, 0.4) is 0 Å². The molecule has 0 radical (unpaired) electrons. The van der Waals surface area contributed by atoms with Crippen molar-refractivity contribution in [3.05, 3.63) is 0 Å². The number of amides is 1. The van der Waals surface area contributed by atoms with Crippen LogP contribution in [0.2, 0.25) is 0 Å². The maximum atomic E-state index is 12.1. The Kier molecular flexibility index (Phi) is 6.10. The molecule has 1 aliphatic heterocycles. The lowest BCUT2D eigenvalue weighted by atomic mass is 10.1. The van der Waals surface area contributed by atoms with Crippen molar-refractivity contribution in [1.29, 1.82) is 0 Å². The van der Waals surface area contributed by atoms with Gasteiger partial charge in [-0.3, -0.25) is 9.59 Å². The van der Waals surface area contributed by atoms with Gasteiger partial charge >= 0.3 is 11.9 Å². The Morgan fingerprint density at radius 3 is 2.79 bits per heavy atom. The highest BCUT2D eigenvalue weighted by molar-refractivity contribution is 7.99. The number of rotatable bonds is 5. The molecule has 0 aromatic carbocycles. The van der Waals surface area contributed by atoms with Crippen molar-refractivity contribution in [2.45, 2.75) is 25.4 Å². The average molecular weight is 290 g/mol. The number of carbonyl (C=O) groups is 3. The minimum Gasteiger partial charge on any atom is -0.481 e. The highest BCUT2D eigenvalue weighted by Gasteiger charge is 2.34. The summed E-state index contributed by atoms with van der Waals surface area (Å²) in [5.74, 6) is -1.08. The maximum absolute atomic E-state index is 12.1. The molecule has 1 rings (SSSR count). The van der Waals surface area contributed by atoms with Crippen molar-refractivity contribution in [2.24, 2.45) is 5.73 Å². The van der Waals surface area contributed by atoms with Crippen LogP contribution in [0.5, 0.6) is 0 Å². The molecule has 7 nitrogen and oxygen atoms in total. The summed E-state index contributed by atoms with van der Waals surface area (Å²) in [5, 5.41) is 8.83. The van der Waals surface area contributed by atoms with Gasteiger partial charge in [-0.15, -0.1) is 0 Å². The second-order valence-electron chi connectivity index (χ2n) is 4.09. The number of nitrogens with two attached hydrogens (primary N) is 1. The Balaban J connectivity index is 2.70. The van der Waals surface area contributed by atoms with Gasteiger partial charge in [0.2, 0.25) is 0 Å². The largest absolute Gasteiger partial charge is 0.481 e. The molecule has 0 spiro atoms.